The van der Waals surface area contributed by atoms with Crippen molar-refractivity contribution in [2.24, 2.45) is 0 Å². The van der Waals surface area contributed by atoms with Crippen molar-refractivity contribution >= 4 is 61.9 Å². The van der Waals surface area contributed by atoms with Crippen molar-refractivity contribution in [3.8, 4) is 5.69 Å². The molecule has 0 amide bonds. The number of hydrogen-bond donors (Lipinski definition) is 0. The Hall–Kier alpha value is -5.70. The molecule has 3 heterocycles. The van der Waals surface area contributed by atoms with Gasteiger partial charge in [-0.2, -0.15) is 0 Å². The van der Waals surface area contributed by atoms with Crippen LogP contribution in [0.1, 0.15) is 30.5 Å². The number of fused-ring (bicyclic) bond motifs is 5. The molecular weight excluding hydrogens is 629 g/mol. The summed E-state index contributed by atoms with van der Waals surface area (Å²) in [6.45, 7) is 6.76. The quantitative estimate of drug-likeness (QED) is 0.172. The first-order valence-corrected chi connectivity index (χ1v) is 18.8. The van der Waals surface area contributed by atoms with Crippen LogP contribution in [0.4, 0.5) is 17.1 Å². The van der Waals surface area contributed by atoms with Crippen LogP contribution in [0, 0.1) is 6.92 Å². The van der Waals surface area contributed by atoms with Crippen LogP contribution in [0.15, 0.2) is 164 Å². The third-order valence-electron chi connectivity index (χ3n) is 10.5. The normalized spacial score (nSPS) is 14.7. The molecule has 2 aromatic heterocycles. The number of aromatic nitrogens is 2. The number of aryl methyl sites for hydroxylation is 1. The number of nitrogens with zero attached hydrogens (tertiary/aromatic N) is 3. The molecule has 0 saturated carbocycles. The van der Waals surface area contributed by atoms with E-state index in [0.29, 0.717) is 0 Å². The van der Waals surface area contributed by atoms with Gasteiger partial charge in [0.1, 0.15) is 0 Å². The zero-order valence-corrected chi connectivity index (χ0v) is 29.2. The predicted octanol–water partition coefficient (Wildman–Crippen LogP) is 10.2. The van der Waals surface area contributed by atoms with Crippen molar-refractivity contribution in [2.75, 3.05) is 4.90 Å². The van der Waals surface area contributed by atoms with E-state index in [-0.39, 0.29) is 5.41 Å². The molecule has 0 bridgehead atoms. The van der Waals surface area contributed by atoms with Gasteiger partial charge in [0.25, 0.3) is 0 Å². The molecule has 1 aliphatic rings. The summed E-state index contributed by atoms with van der Waals surface area (Å²) in [6, 6.07) is 52.9. The first-order chi connectivity index (χ1) is 24.4. The molecule has 0 spiro atoms. The highest BCUT2D eigenvalue weighted by atomic mass is 31.2. The van der Waals surface area contributed by atoms with E-state index < -0.39 is 7.14 Å². The largest absolute Gasteiger partial charge is 0.310 e. The Morgan fingerprint density at radius 1 is 0.560 bits per heavy atom. The van der Waals surface area contributed by atoms with E-state index in [2.05, 4.69) is 138 Å². The van der Waals surface area contributed by atoms with E-state index in [1.54, 1.807) is 12.4 Å². The molecule has 0 N–H and O–H groups in total. The Morgan fingerprint density at radius 2 is 1.20 bits per heavy atom. The molecule has 0 saturated heterocycles. The van der Waals surface area contributed by atoms with Crippen molar-refractivity contribution in [1.29, 1.82) is 0 Å². The standard InChI is InChI=1S/C45H36N3OP/c1-31-28-34(50(49,33-14-5-4-6-15-33)35-16-13-27-46-30-35)24-26-40(31)48-41-20-10-7-17-36(41)37-29-32(23-25-42(37)48)47-43-21-11-8-18-38(43)45(2,3)39-19-9-12-22-44(39)47/h4-30H,1-3H3. The first kappa shape index (κ1) is 30.4. The second kappa shape index (κ2) is 11.4. The Kier molecular flexibility index (Phi) is 6.95. The minimum atomic E-state index is -3.16. The molecule has 242 valence electrons. The summed E-state index contributed by atoms with van der Waals surface area (Å²) < 4.78 is 17.5. The fourth-order valence-electron chi connectivity index (χ4n) is 8.02. The summed E-state index contributed by atoms with van der Waals surface area (Å²) in [5, 5.41) is 4.70. The van der Waals surface area contributed by atoms with Gasteiger partial charge in [0.05, 0.1) is 22.4 Å². The van der Waals surface area contributed by atoms with Gasteiger partial charge in [0.2, 0.25) is 0 Å². The average molecular weight is 666 g/mol. The molecule has 9 rings (SSSR count). The van der Waals surface area contributed by atoms with Crippen LogP contribution >= 0.6 is 7.14 Å². The van der Waals surface area contributed by atoms with Gasteiger partial charge in [0, 0.05) is 55.9 Å². The van der Waals surface area contributed by atoms with Crippen LogP contribution in [0.2, 0.25) is 0 Å². The van der Waals surface area contributed by atoms with Gasteiger partial charge in [-0.3, -0.25) is 4.98 Å². The molecule has 6 aromatic carbocycles. The van der Waals surface area contributed by atoms with E-state index >= 15 is 4.57 Å². The molecule has 0 aliphatic carbocycles. The monoisotopic (exact) mass is 665 g/mol. The molecule has 1 atom stereocenters. The second-order valence-corrected chi connectivity index (χ2v) is 16.4. The maximum Gasteiger partial charge on any atom is 0.172 e. The summed E-state index contributed by atoms with van der Waals surface area (Å²) in [5.41, 5.74) is 10.4. The smallest absolute Gasteiger partial charge is 0.172 e. The minimum Gasteiger partial charge on any atom is -0.310 e. The second-order valence-electron chi connectivity index (χ2n) is 13.7. The van der Waals surface area contributed by atoms with Crippen molar-refractivity contribution in [3.63, 3.8) is 0 Å². The van der Waals surface area contributed by atoms with E-state index in [9.17, 15) is 0 Å². The van der Waals surface area contributed by atoms with Crippen LogP contribution in [-0.4, -0.2) is 9.55 Å². The SMILES string of the molecule is Cc1cc(P(=O)(c2ccccc2)c2cccnc2)ccc1-n1c2ccccc2c2cc(N3c4ccccc4C(C)(C)c4ccccc43)ccc21. The molecule has 5 heteroatoms. The van der Waals surface area contributed by atoms with Crippen LogP contribution in [-0.2, 0) is 9.98 Å². The summed E-state index contributed by atoms with van der Waals surface area (Å²) in [5.74, 6) is 0. The Labute approximate surface area is 292 Å². The third kappa shape index (κ3) is 4.45. The Balaban J connectivity index is 1.22. The molecule has 1 unspecified atom stereocenters. The van der Waals surface area contributed by atoms with Gasteiger partial charge in [-0.15, -0.1) is 0 Å². The average Bonchev–Trinajstić information content (AvgIpc) is 3.49. The minimum absolute atomic E-state index is 0.116. The molecule has 4 nitrogen and oxygen atoms in total. The molecular formula is C45H36N3OP. The van der Waals surface area contributed by atoms with Gasteiger partial charge in [-0.05, 0) is 90.3 Å². The zero-order valence-electron chi connectivity index (χ0n) is 28.3. The lowest BCUT2D eigenvalue weighted by Crippen LogP contribution is -2.30. The van der Waals surface area contributed by atoms with E-state index in [1.165, 1.54) is 33.3 Å². The number of anilines is 3. The lowest BCUT2D eigenvalue weighted by atomic mass is 9.73. The highest BCUT2D eigenvalue weighted by Crippen LogP contribution is 2.52. The van der Waals surface area contributed by atoms with Crippen LogP contribution in [0.5, 0.6) is 0 Å². The molecule has 50 heavy (non-hydrogen) atoms. The third-order valence-corrected chi connectivity index (χ3v) is 13.5. The maximum atomic E-state index is 15.1. The fourth-order valence-corrected chi connectivity index (χ4v) is 10.7. The molecule has 0 radical (unpaired) electrons. The summed E-state index contributed by atoms with van der Waals surface area (Å²) in [6.07, 6.45) is 3.46. The van der Waals surface area contributed by atoms with Gasteiger partial charge in [-0.1, -0.05) is 98.8 Å². The van der Waals surface area contributed by atoms with Crippen LogP contribution in [0.3, 0.4) is 0 Å². The van der Waals surface area contributed by atoms with Crippen molar-refractivity contribution in [1.82, 2.24) is 9.55 Å². The molecule has 8 aromatic rings. The van der Waals surface area contributed by atoms with Gasteiger partial charge >= 0.3 is 0 Å². The fraction of sp³-hybridized carbons (Fsp3) is 0.0889. The highest BCUT2D eigenvalue weighted by molar-refractivity contribution is 7.85. The number of pyridine rings is 1. The predicted molar refractivity (Wildman–Crippen MR) is 210 cm³/mol. The van der Waals surface area contributed by atoms with E-state index in [0.717, 1.165) is 43.9 Å². The van der Waals surface area contributed by atoms with Gasteiger partial charge in [-0.25, -0.2) is 0 Å². The highest BCUT2D eigenvalue weighted by Gasteiger charge is 2.36. The topological polar surface area (TPSA) is 38.1 Å². The van der Waals surface area contributed by atoms with E-state index in [1.807, 2.05) is 48.5 Å². The lowest BCUT2D eigenvalue weighted by Gasteiger charge is -2.42. The number of para-hydroxylation sites is 3. The lowest BCUT2D eigenvalue weighted by molar-refractivity contribution is 0.592. The van der Waals surface area contributed by atoms with Crippen molar-refractivity contribution in [2.45, 2.75) is 26.2 Å². The van der Waals surface area contributed by atoms with Crippen molar-refractivity contribution in [3.05, 3.63) is 181 Å². The molecule has 1 aliphatic heterocycles. The number of benzene rings is 6. The van der Waals surface area contributed by atoms with Crippen LogP contribution < -0.4 is 20.8 Å². The Morgan fingerprint density at radius 3 is 1.90 bits per heavy atom. The zero-order chi connectivity index (χ0) is 34.0. The number of rotatable bonds is 5. The maximum absolute atomic E-state index is 15.1. The van der Waals surface area contributed by atoms with Gasteiger partial charge in [0.15, 0.2) is 7.14 Å². The van der Waals surface area contributed by atoms with Crippen LogP contribution in [0.25, 0.3) is 27.5 Å². The molecule has 0 fully saturated rings. The van der Waals surface area contributed by atoms with E-state index in [4.69, 9.17) is 0 Å². The summed E-state index contributed by atoms with van der Waals surface area (Å²) >= 11 is 0. The summed E-state index contributed by atoms with van der Waals surface area (Å²) in [4.78, 5) is 6.76. The summed E-state index contributed by atoms with van der Waals surface area (Å²) in [7, 11) is -3.16. The number of hydrogen-bond acceptors (Lipinski definition) is 3. The van der Waals surface area contributed by atoms with Gasteiger partial charge < -0.3 is 14.0 Å². The van der Waals surface area contributed by atoms with Crippen molar-refractivity contribution < 1.29 is 4.57 Å². The Bertz CT molecular complexity index is 2530. The first-order valence-electron chi connectivity index (χ1n) is 17.1.